The highest BCUT2D eigenvalue weighted by atomic mass is 19.1. The third kappa shape index (κ3) is 4.01. The zero-order valence-corrected chi connectivity index (χ0v) is 16.4. The number of ketones is 1. The summed E-state index contributed by atoms with van der Waals surface area (Å²) in [5.41, 5.74) is 2.89. The molecule has 0 N–H and O–H groups in total. The zero-order chi connectivity index (χ0) is 21.1. The van der Waals surface area contributed by atoms with Crippen molar-refractivity contribution in [2.45, 2.75) is 13.3 Å². The first-order chi connectivity index (χ1) is 14.5. The van der Waals surface area contributed by atoms with E-state index in [0.717, 1.165) is 22.1 Å². The van der Waals surface area contributed by atoms with Crippen molar-refractivity contribution in [2.24, 2.45) is 0 Å². The third-order valence-electron chi connectivity index (χ3n) is 4.92. The van der Waals surface area contributed by atoms with Crippen LogP contribution in [0.15, 0.2) is 82.0 Å². The van der Waals surface area contributed by atoms with Crippen LogP contribution in [0.3, 0.4) is 0 Å². The van der Waals surface area contributed by atoms with Crippen molar-refractivity contribution < 1.29 is 18.3 Å². The van der Waals surface area contributed by atoms with Gasteiger partial charge in [0.2, 0.25) is 0 Å². The summed E-state index contributed by atoms with van der Waals surface area (Å²) in [4.78, 5) is 24.5. The van der Waals surface area contributed by atoms with E-state index in [4.69, 9.17) is 9.15 Å². The van der Waals surface area contributed by atoms with Gasteiger partial charge in [-0.1, -0.05) is 37.3 Å². The minimum atomic E-state index is -0.459. The van der Waals surface area contributed by atoms with Gasteiger partial charge in [-0.2, -0.15) is 0 Å². The van der Waals surface area contributed by atoms with Crippen LogP contribution in [0.25, 0.3) is 22.1 Å². The lowest BCUT2D eigenvalue weighted by molar-refractivity contribution is 0.0921. The molecule has 0 fully saturated rings. The van der Waals surface area contributed by atoms with Crippen LogP contribution in [0.2, 0.25) is 0 Å². The summed E-state index contributed by atoms with van der Waals surface area (Å²) in [7, 11) is 0. The SMILES string of the molecule is CCc1cc2c(-c3ccccc3)cc(=O)oc2cc1OCC(=O)c1ccc(F)cc1. The molecule has 4 nitrogen and oxygen atoms in total. The molecule has 150 valence electrons. The largest absolute Gasteiger partial charge is 0.485 e. The molecule has 0 spiro atoms. The second-order valence-electron chi connectivity index (χ2n) is 6.87. The van der Waals surface area contributed by atoms with E-state index >= 15 is 0 Å². The molecule has 1 aromatic heterocycles. The fraction of sp³-hybridized carbons (Fsp3) is 0.120. The highest BCUT2D eigenvalue weighted by molar-refractivity contribution is 5.97. The van der Waals surface area contributed by atoms with Crippen LogP contribution in [0, 0.1) is 5.82 Å². The smallest absolute Gasteiger partial charge is 0.336 e. The van der Waals surface area contributed by atoms with Gasteiger partial charge in [-0.15, -0.1) is 0 Å². The van der Waals surface area contributed by atoms with Crippen LogP contribution in [0.1, 0.15) is 22.8 Å². The third-order valence-corrected chi connectivity index (χ3v) is 4.92. The average Bonchev–Trinajstić information content (AvgIpc) is 2.77. The summed E-state index contributed by atoms with van der Waals surface area (Å²) in [5, 5.41) is 0.801. The van der Waals surface area contributed by atoms with Crippen molar-refractivity contribution in [3.63, 3.8) is 0 Å². The lowest BCUT2D eigenvalue weighted by atomic mass is 9.99. The normalized spacial score (nSPS) is 10.9. The molecule has 0 aliphatic carbocycles. The predicted octanol–water partition coefficient (Wildman–Crippen LogP) is 5.42. The van der Waals surface area contributed by atoms with Crippen molar-refractivity contribution in [1.82, 2.24) is 0 Å². The van der Waals surface area contributed by atoms with Gasteiger partial charge in [0.1, 0.15) is 17.1 Å². The number of ether oxygens (including phenoxy) is 1. The molecule has 0 unspecified atom stereocenters. The first kappa shape index (κ1) is 19.6. The second-order valence-corrected chi connectivity index (χ2v) is 6.87. The molecule has 0 saturated heterocycles. The highest BCUT2D eigenvalue weighted by Gasteiger charge is 2.14. The maximum absolute atomic E-state index is 13.1. The molecule has 5 heteroatoms. The second kappa shape index (κ2) is 8.33. The number of rotatable bonds is 6. The van der Waals surface area contributed by atoms with Gasteiger partial charge < -0.3 is 9.15 Å². The Morgan fingerprint density at radius 3 is 2.43 bits per heavy atom. The van der Waals surface area contributed by atoms with E-state index < -0.39 is 11.4 Å². The molecule has 3 aromatic carbocycles. The fourth-order valence-electron chi connectivity index (χ4n) is 3.36. The lowest BCUT2D eigenvalue weighted by Gasteiger charge is -2.13. The van der Waals surface area contributed by atoms with Crippen molar-refractivity contribution >= 4 is 16.8 Å². The Hall–Kier alpha value is -3.73. The topological polar surface area (TPSA) is 56.5 Å². The Morgan fingerprint density at radius 1 is 1.00 bits per heavy atom. The molecule has 4 rings (SSSR count). The summed E-state index contributed by atoms with van der Waals surface area (Å²) in [6.45, 7) is 1.78. The number of hydrogen-bond acceptors (Lipinski definition) is 4. The molecule has 0 radical (unpaired) electrons. The van der Waals surface area contributed by atoms with E-state index in [1.807, 2.05) is 43.3 Å². The van der Waals surface area contributed by atoms with Gasteiger partial charge in [0.05, 0.1) is 0 Å². The van der Waals surface area contributed by atoms with E-state index in [9.17, 15) is 14.0 Å². The van der Waals surface area contributed by atoms with E-state index in [1.54, 1.807) is 6.07 Å². The quantitative estimate of drug-likeness (QED) is 0.319. The van der Waals surface area contributed by atoms with E-state index in [-0.39, 0.29) is 12.4 Å². The number of aryl methyl sites for hydroxylation is 1. The molecule has 0 atom stereocenters. The summed E-state index contributed by atoms with van der Waals surface area (Å²) in [6, 6.07) is 20.0. The monoisotopic (exact) mass is 402 g/mol. The first-order valence-corrected chi connectivity index (χ1v) is 9.63. The standard InChI is InChI=1S/C25H19FO4/c1-2-16-12-21-20(17-6-4-3-5-7-17)13-25(28)30-24(21)14-23(16)29-15-22(27)18-8-10-19(26)11-9-18/h3-14H,2,15H2,1H3. The van der Waals surface area contributed by atoms with Crippen LogP contribution in [-0.4, -0.2) is 12.4 Å². The van der Waals surface area contributed by atoms with Crippen molar-refractivity contribution in [1.29, 1.82) is 0 Å². The molecule has 30 heavy (non-hydrogen) atoms. The van der Waals surface area contributed by atoms with Crippen LogP contribution in [0.4, 0.5) is 4.39 Å². The fourth-order valence-corrected chi connectivity index (χ4v) is 3.36. The maximum atomic E-state index is 13.1. The van der Waals surface area contributed by atoms with Crippen molar-refractivity contribution in [2.75, 3.05) is 6.61 Å². The molecular formula is C25H19FO4. The summed E-state index contributed by atoms with van der Waals surface area (Å²) in [5.74, 6) is -0.190. The van der Waals surface area contributed by atoms with Crippen LogP contribution < -0.4 is 10.4 Å². The first-order valence-electron chi connectivity index (χ1n) is 9.63. The zero-order valence-electron chi connectivity index (χ0n) is 16.4. The molecule has 0 amide bonds. The van der Waals surface area contributed by atoms with E-state index in [1.165, 1.54) is 30.3 Å². The van der Waals surface area contributed by atoms with Gasteiger partial charge in [-0.25, -0.2) is 9.18 Å². The maximum Gasteiger partial charge on any atom is 0.336 e. The van der Waals surface area contributed by atoms with Crippen LogP contribution in [0.5, 0.6) is 5.75 Å². The number of carbonyl (C=O) groups excluding carboxylic acids is 1. The van der Waals surface area contributed by atoms with Crippen LogP contribution in [-0.2, 0) is 6.42 Å². The molecule has 0 aliphatic heterocycles. The molecule has 1 heterocycles. The van der Waals surface area contributed by atoms with E-state index in [2.05, 4.69) is 0 Å². The van der Waals surface area contributed by atoms with Crippen LogP contribution >= 0.6 is 0 Å². The molecule has 0 bridgehead atoms. The molecule has 0 aliphatic rings. The number of carbonyl (C=O) groups is 1. The van der Waals surface area contributed by atoms with Crippen molar-refractivity contribution in [3.8, 4) is 16.9 Å². The Bertz CT molecular complexity index is 1260. The molecule has 0 saturated carbocycles. The Balaban J connectivity index is 1.70. The lowest BCUT2D eigenvalue weighted by Crippen LogP contribution is -2.12. The number of Topliss-reactive ketones (excluding diaryl/α,β-unsaturated/α-hetero) is 1. The minimum absolute atomic E-state index is 0.202. The summed E-state index contributed by atoms with van der Waals surface area (Å²) < 4.78 is 24.2. The van der Waals surface area contributed by atoms with Gasteiger partial charge in [0.25, 0.3) is 0 Å². The Morgan fingerprint density at radius 2 is 1.73 bits per heavy atom. The summed E-state index contributed by atoms with van der Waals surface area (Å²) >= 11 is 0. The number of hydrogen-bond donors (Lipinski definition) is 0. The Labute approximate surface area is 172 Å². The number of benzene rings is 3. The summed E-state index contributed by atoms with van der Waals surface area (Å²) in [6.07, 6.45) is 0.670. The van der Waals surface area contributed by atoms with Gasteiger partial charge in [0, 0.05) is 23.1 Å². The van der Waals surface area contributed by atoms with Crippen molar-refractivity contribution in [3.05, 3.63) is 100 Å². The Kier molecular flexibility index (Phi) is 5.44. The number of fused-ring (bicyclic) bond motifs is 1. The predicted molar refractivity (Wildman–Crippen MR) is 114 cm³/mol. The van der Waals surface area contributed by atoms with Gasteiger partial charge in [-0.3, -0.25) is 4.79 Å². The molecular weight excluding hydrogens is 383 g/mol. The number of halogens is 1. The highest BCUT2D eigenvalue weighted by Crippen LogP contribution is 2.32. The van der Waals surface area contributed by atoms with E-state index in [0.29, 0.717) is 23.3 Å². The van der Waals surface area contributed by atoms with Gasteiger partial charge in [-0.05, 0) is 53.4 Å². The average molecular weight is 402 g/mol. The van der Waals surface area contributed by atoms with Gasteiger partial charge in [0.15, 0.2) is 12.4 Å². The minimum Gasteiger partial charge on any atom is -0.485 e. The molecule has 4 aromatic rings. The van der Waals surface area contributed by atoms with Gasteiger partial charge >= 0.3 is 5.63 Å².